The summed E-state index contributed by atoms with van der Waals surface area (Å²) in [5.74, 6) is -0.0751. The van der Waals surface area contributed by atoms with Crippen molar-refractivity contribution >= 4 is 31.7 Å². The first-order chi connectivity index (χ1) is 8.30. The van der Waals surface area contributed by atoms with Crippen LogP contribution in [0.4, 0.5) is 0 Å². The van der Waals surface area contributed by atoms with Crippen molar-refractivity contribution in [2.24, 2.45) is 0 Å². The summed E-state index contributed by atoms with van der Waals surface area (Å²) >= 11 is 3.30. The topological polar surface area (TPSA) is 63.2 Å². The SMILES string of the molecule is C[C@]1(NC(=O)c2ccc(Br)cc2)CCS(=O)(=O)C1. The van der Waals surface area contributed by atoms with Crippen LogP contribution < -0.4 is 5.32 Å². The first-order valence-electron chi connectivity index (χ1n) is 5.58. The number of rotatable bonds is 2. The van der Waals surface area contributed by atoms with E-state index in [1.165, 1.54) is 0 Å². The molecular weight excluding hydrogens is 318 g/mol. The van der Waals surface area contributed by atoms with Gasteiger partial charge in [-0.1, -0.05) is 15.9 Å². The highest BCUT2D eigenvalue weighted by atomic mass is 79.9. The Morgan fingerprint density at radius 1 is 1.33 bits per heavy atom. The summed E-state index contributed by atoms with van der Waals surface area (Å²) in [6.45, 7) is 1.77. The molecule has 0 aliphatic carbocycles. The number of carbonyl (C=O) groups is 1. The minimum atomic E-state index is -3.01. The summed E-state index contributed by atoms with van der Waals surface area (Å²) in [6.07, 6.45) is 0.470. The van der Waals surface area contributed by atoms with Gasteiger partial charge in [0.05, 0.1) is 17.0 Å². The number of sulfone groups is 1. The Morgan fingerprint density at radius 2 is 1.94 bits per heavy atom. The van der Waals surface area contributed by atoms with E-state index < -0.39 is 15.4 Å². The van der Waals surface area contributed by atoms with Crippen molar-refractivity contribution < 1.29 is 13.2 Å². The number of hydrogen-bond acceptors (Lipinski definition) is 3. The van der Waals surface area contributed by atoms with Crippen LogP contribution in [0.1, 0.15) is 23.7 Å². The number of amides is 1. The molecule has 1 aliphatic heterocycles. The van der Waals surface area contributed by atoms with Gasteiger partial charge < -0.3 is 5.32 Å². The lowest BCUT2D eigenvalue weighted by atomic mass is 10.0. The third-order valence-corrected chi connectivity index (χ3v) is 5.46. The van der Waals surface area contributed by atoms with E-state index in [0.717, 1.165) is 4.47 Å². The average Bonchev–Trinajstić information content (AvgIpc) is 2.53. The Bertz CT molecular complexity index is 567. The number of benzene rings is 1. The van der Waals surface area contributed by atoms with Gasteiger partial charge in [-0.05, 0) is 37.6 Å². The van der Waals surface area contributed by atoms with Crippen molar-refractivity contribution in [2.75, 3.05) is 11.5 Å². The molecule has 0 saturated carbocycles. The Balaban J connectivity index is 2.10. The van der Waals surface area contributed by atoms with E-state index in [4.69, 9.17) is 0 Å². The van der Waals surface area contributed by atoms with Gasteiger partial charge in [0, 0.05) is 10.0 Å². The standard InChI is InChI=1S/C12H14BrNO3S/c1-12(6-7-18(16,17)8-12)14-11(15)9-2-4-10(13)5-3-9/h2-5H,6-8H2,1H3,(H,14,15)/t12-/m0/s1. The van der Waals surface area contributed by atoms with Crippen LogP contribution in [-0.2, 0) is 9.84 Å². The molecule has 0 bridgehead atoms. The van der Waals surface area contributed by atoms with Crippen LogP contribution in [0.2, 0.25) is 0 Å². The zero-order chi connectivity index (χ0) is 13.4. The average molecular weight is 332 g/mol. The summed E-state index contributed by atoms with van der Waals surface area (Å²) in [5.41, 5.74) is -0.119. The quantitative estimate of drug-likeness (QED) is 0.898. The van der Waals surface area contributed by atoms with E-state index >= 15 is 0 Å². The predicted molar refractivity (Wildman–Crippen MR) is 73.3 cm³/mol. The molecule has 1 N–H and O–H groups in total. The minimum Gasteiger partial charge on any atom is -0.346 e. The van der Waals surface area contributed by atoms with Gasteiger partial charge in [0.15, 0.2) is 9.84 Å². The van der Waals surface area contributed by atoms with Crippen molar-refractivity contribution in [3.63, 3.8) is 0 Å². The fraction of sp³-hybridized carbons (Fsp3) is 0.417. The second-order valence-corrected chi connectivity index (χ2v) is 7.96. The van der Waals surface area contributed by atoms with Gasteiger partial charge in [-0.25, -0.2) is 8.42 Å². The predicted octanol–water partition coefficient (Wildman–Crippen LogP) is 1.76. The lowest BCUT2D eigenvalue weighted by Crippen LogP contribution is -2.46. The second-order valence-electron chi connectivity index (χ2n) is 4.86. The summed E-state index contributed by atoms with van der Waals surface area (Å²) in [7, 11) is -3.01. The molecular formula is C12H14BrNO3S. The molecule has 1 saturated heterocycles. The minimum absolute atomic E-state index is 0.0161. The van der Waals surface area contributed by atoms with Crippen molar-refractivity contribution in [1.82, 2.24) is 5.32 Å². The van der Waals surface area contributed by atoms with Gasteiger partial charge in [-0.2, -0.15) is 0 Å². The monoisotopic (exact) mass is 331 g/mol. The maximum Gasteiger partial charge on any atom is 0.251 e. The van der Waals surface area contributed by atoms with Gasteiger partial charge in [-0.3, -0.25) is 4.79 Å². The second kappa shape index (κ2) is 4.66. The zero-order valence-corrected chi connectivity index (χ0v) is 12.3. The maximum atomic E-state index is 12.0. The van der Waals surface area contributed by atoms with Gasteiger partial charge in [0.1, 0.15) is 0 Å². The van der Waals surface area contributed by atoms with Crippen molar-refractivity contribution in [2.45, 2.75) is 18.9 Å². The summed E-state index contributed by atoms with van der Waals surface area (Å²) in [6, 6.07) is 6.96. The Labute approximate surface area is 115 Å². The zero-order valence-electron chi connectivity index (χ0n) is 9.94. The molecule has 1 amide bonds. The molecule has 1 heterocycles. The molecule has 1 aromatic carbocycles. The Hall–Kier alpha value is -0.880. The highest BCUT2D eigenvalue weighted by molar-refractivity contribution is 9.10. The third kappa shape index (κ3) is 3.11. The molecule has 18 heavy (non-hydrogen) atoms. The largest absolute Gasteiger partial charge is 0.346 e. The van der Waals surface area contributed by atoms with Crippen molar-refractivity contribution in [1.29, 1.82) is 0 Å². The Morgan fingerprint density at radius 3 is 2.44 bits per heavy atom. The Kier molecular flexibility index (Phi) is 3.51. The van der Waals surface area contributed by atoms with Crippen LogP contribution in [0.15, 0.2) is 28.7 Å². The molecule has 1 aromatic rings. The molecule has 0 unspecified atom stereocenters. The van der Waals surface area contributed by atoms with Gasteiger partial charge >= 0.3 is 0 Å². The molecule has 1 aliphatic rings. The number of hydrogen-bond donors (Lipinski definition) is 1. The fourth-order valence-corrected chi connectivity index (χ4v) is 4.41. The van der Waals surface area contributed by atoms with E-state index in [1.807, 2.05) is 0 Å². The van der Waals surface area contributed by atoms with Crippen LogP contribution in [0.5, 0.6) is 0 Å². The van der Waals surface area contributed by atoms with Crippen LogP contribution in [0, 0.1) is 0 Å². The van der Waals surface area contributed by atoms with E-state index in [-0.39, 0.29) is 17.4 Å². The van der Waals surface area contributed by atoms with Gasteiger partial charge in [-0.15, -0.1) is 0 Å². The van der Waals surface area contributed by atoms with Gasteiger partial charge in [0.2, 0.25) is 0 Å². The lowest BCUT2D eigenvalue weighted by Gasteiger charge is -2.23. The fourth-order valence-electron chi connectivity index (χ4n) is 2.06. The third-order valence-electron chi connectivity index (χ3n) is 3.03. The van der Waals surface area contributed by atoms with Crippen LogP contribution in [-0.4, -0.2) is 31.4 Å². The van der Waals surface area contributed by atoms with Crippen molar-refractivity contribution in [3.05, 3.63) is 34.3 Å². The number of halogens is 1. The molecule has 4 nitrogen and oxygen atoms in total. The maximum absolute atomic E-state index is 12.0. The molecule has 6 heteroatoms. The normalized spacial score (nSPS) is 25.9. The van der Waals surface area contributed by atoms with Crippen LogP contribution in [0.3, 0.4) is 0 Å². The number of nitrogens with one attached hydrogen (secondary N) is 1. The van der Waals surface area contributed by atoms with Crippen LogP contribution in [0.25, 0.3) is 0 Å². The molecule has 0 spiro atoms. The van der Waals surface area contributed by atoms with E-state index in [0.29, 0.717) is 12.0 Å². The summed E-state index contributed by atoms with van der Waals surface area (Å²) < 4.78 is 23.8. The summed E-state index contributed by atoms with van der Waals surface area (Å²) in [4.78, 5) is 12.0. The first kappa shape index (κ1) is 13.5. The summed E-state index contributed by atoms with van der Waals surface area (Å²) in [5, 5.41) is 2.81. The first-order valence-corrected chi connectivity index (χ1v) is 8.20. The highest BCUT2D eigenvalue weighted by Gasteiger charge is 2.39. The highest BCUT2D eigenvalue weighted by Crippen LogP contribution is 2.23. The molecule has 1 fully saturated rings. The molecule has 98 valence electrons. The molecule has 0 aromatic heterocycles. The van der Waals surface area contributed by atoms with Gasteiger partial charge in [0.25, 0.3) is 5.91 Å². The van der Waals surface area contributed by atoms with E-state index in [9.17, 15) is 13.2 Å². The smallest absolute Gasteiger partial charge is 0.251 e. The van der Waals surface area contributed by atoms with E-state index in [2.05, 4.69) is 21.2 Å². The molecule has 0 radical (unpaired) electrons. The van der Waals surface area contributed by atoms with Crippen molar-refractivity contribution in [3.8, 4) is 0 Å². The molecule has 2 rings (SSSR count). The number of carbonyl (C=O) groups excluding carboxylic acids is 1. The molecule has 1 atom stereocenters. The van der Waals surface area contributed by atoms with E-state index in [1.54, 1.807) is 31.2 Å². The lowest BCUT2D eigenvalue weighted by molar-refractivity contribution is 0.0915. The van der Waals surface area contributed by atoms with Crippen LogP contribution >= 0.6 is 15.9 Å².